The van der Waals surface area contributed by atoms with Crippen molar-refractivity contribution < 1.29 is 10.6 Å². The Balaban J connectivity index is 0.000001000. The van der Waals surface area contributed by atoms with E-state index in [1.54, 1.807) is 0 Å². The van der Waals surface area contributed by atoms with E-state index < -0.39 is 0 Å². The van der Waals surface area contributed by atoms with Crippen molar-refractivity contribution in [1.82, 2.24) is 0 Å². The van der Waals surface area contributed by atoms with E-state index >= 15 is 0 Å². The molecule has 0 aliphatic heterocycles. The van der Waals surface area contributed by atoms with Gasteiger partial charge < -0.3 is 10.6 Å². The van der Waals surface area contributed by atoms with Crippen LogP contribution in [0.2, 0.25) is 0 Å². The van der Waals surface area contributed by atoms with Crippen molar-refractivity contribution in [3.05, 3.63) is 28.8 Å². The Morgan fingerprint density at radius 3 is 1.73 bits per heavy atom. The van der Waals surface area contributed by atoms with Gasteiger partial charge in [-0.05, 0) is 31.9 Å². The van der Waals surface area contributed by atoms with E-state index in [1.165, 1.54) is 5.56 Å². The van der Waals surface area contributed by atoms with Gasteiger partial charge in [-0.15, -0.1) is 0 Å². The van der Waals surface area contributed by atoms with E-state index in [-0.39, 0.29) is 5.48 Å². The minimum atomic E-state index is 0. The summed E-state index contributed by atoms with van der Waals surface area (Å²) in [6.45, 7) is 5.85. The lowest BCUT2D eigenvalue weighted by Gasteiger charge is -2.03. The normalized spacial score (nSPS) is 9.00. The molecule has 1 aromatic rings. The van der Waals surface area contributed by atoms with Crippen molar-refractivity contribution in [2.75, 3.05) is 0 Å². The monoisotopic (exact) mass is 154 g/mol. The lowest BCUT2D eigenvalue weighted by atomic mass is 10.1. The Kier molecular flexibility index (Phi) is 3.08. The molecule has 0 aromatic heterocycles. The summed E-state index contributed by atoms with van der Waals surface area (Å²) in [5.41, 5.74) is 3.11. The standard InChI is InChI=1S/C9H12O.H2O/c1-6-4-7(2)9(10)8(3)5-6;/h4-5,10H,1-3H3;1H2. The van der Waals surface area contributed by atoms with Crippen LogP contribution in [0.1, 0.15) is 16.7 Å². The Hall–Kier alpha value is -1.02. The molecule has 0 heterocycles. The van der Waals surface area contributed by atoms with Crippen molar-refractivity contribution in [2.45, 2.75) is 20.8 Å². The van der Waals surface area contributed by atoms with Crippen LogP contribution in [-0.2, 0) is 0 Å². The van der Waals surface area contributed by atoms with Gasteiger partial charge in [0.15, 0.2) is 0 Å². The molecular weight excluding hydrogens is 140 g/mol. The molecule has 3 N–H and O–H groups in total. The smallest absolute Gasteiger partial charge is 0.121 e. The summed E-state index contributed by atoms with van der Waals surface area (Å²) in [6.07, 6.45) is 0. The van der Waals surface area contributed by atoms with Crippen molar-refractivity contribution in [3.63, 3.8) is 0 Å². The van der Waals surface area contributed by atoms with Crippen molar-refractivity contribution >= 4 is 0 Å². The lowest BCUT2D eigenvalue weighted by Crippen LogP contribution is -1.81. The minimum Gasteiger partial charge on any atom is -0.507 e. The lowest BCUT2D eigenvalue weighted by molar-refractivity contribution is 0.466. The van der Waals surface area contributed by atoms with Crippen LogP contribution in [0, 0.1) is 20.8 Å². The van der Waals surface area contributed by atoms with Gasteiger partial charge in [0.25, 0.3) is 0 Å². The summed E-state index contributed by atoms with van der Waals surface area (Å²) in [7, 11) is 0. The predicted molar refractivity (Wildman–Crippen MR) is 45.9 cm³/mol. The topological polar surface area (TPSA) is 51.7 Å². The molecule has 0 unspecified atom stereocenters. The van der Waals surface area contributed by atoms with Crippen LogP contribution in [0.3, 0.4) is 0 Å². The fourth-order valence-corrected chi connectivity index (χ4v) is 1.17. The summed E-state index contributed by atoms with van der Waals surface area (Å²) in [5, 5.41) is 9.33. The van der Waals surface area contributed by atoms with Crippen LogP contribution in [0.4, 0.5) is 0 Å². The van der Waals surface area contributed by atoms with E-state index in [2.05, 4.69) is 0 Å². The first-order chi connectivity index (χ1) is 4.61. The van der Waals surface area contributed by atoms with Crippen LogP contribution in [-0.4, -0.2) is 10.6 Å². The Bertz CT molecular complexity index is 231. The highest BCUT2D eigenvalue weighted by atomic mass is 16.3. The van der Waals surface area contributed by atoms with Gasteiger partial charge in [-0.25, -0.2) is 0 Å². The third kappa shape index (κ3) is 1.95. The number of phenolic OH excluding ortho intramolecular Hbond substituents is 1. The van der Waals surface area contributed by atoms with E-state index in [0.29, 0.717) is 5.75 Å². The molecule has 11 heavy (non-hydrogen) atoms. The maximum absolute atomic E-state index is 9.33. The molecular formula is C9H14O2. The minimum absolute atomic E-state index is 0. The van der Waals surface area contributed by atoms with Crippen LogP contribution < -0.4 is 0 Å². The van der Waals surface area contributed by atoms with Crippen LogP contribution in [0.25, 0.3) is 0 Å². The summed E-state index contributed by atoms with van der Waals surface area (Å²) < 4.78 is 0. The predicted octanol–water partition coefficient (Wildman–Crippen LogP) is 1.49. The summed E-state index contributed by atoms with van der Waals surface area (Å²) in [4.78, 5) is 0. The van der Waals surface area contributed by atoms with Crippen molar-refractivity contribution in [3.8, 4) is 5.75 Å². The highest BCUT2D eigenvalue weighted by Gasteiger charge is 1.98. The molecule has 0 fully saturated rings. The first kappa shape index (κ1) is 9.98. The van der Waals surface area contributed by atoms with Crippen LogP contribution in [0.5, 0.6) is 5.75 Å². The molecule has 62 valence electrons. The zero-order valence-electron chi connectivity index (χ0n) is 7.10. The first-order valence-electron chi connectivity index (χ1n) is 3.38. The third-order valence-corrected chi connectivity index (χ3v) is 1.64. The molecule has 0 amide bonds. The molecule has 0 saturated carbocycles. The molecule has 0 spiro atoms. The molecule has 0 aliphatic rings. The van der Waals surface area contributed by atoms with Gasteiger partial charge in [0, 0.05) is 0 Å². The average molecular weight is 154 g/mol. The maximum atomic E-state index is 9.33. The number of benzene rings is 1. The number of hydrogen-bond donors (Lipinski definition) is 1. The van der Waals surface area contributed by atoms with Gasteiger partial charge in [-0.3, -0.25) is 0 Å². The first-order valence-corrected chi connectivity index (χ1v) is 3.38. The Morgan fingerprint density at radius 1 is 1.00 bits per heavy atom. The highest BCUT2D eigenvalue weighted by Crippen LogP contribution is 2.21. The van der Waals surface area contributed by atoms with Gasteiger partial charge in [-0.2, -0.15) is 0 Å². The van der Waals surface area contributed by atoms with Crippen molar-refractivity contribution in [1.29, 1.82) is 0 Å². The number of rotatable bonds is 0. The molecule has 1 rings (SSSR count). The number of hydrogen-bond acceptors (Lipinski definition) is 1. The summed E-state index contributed by atoms with van der Waals surface area (Å²) in [6, 6.07) is 3.95. The highest BCUT2D eigenvalue weighted by molar-refractivity contribution is 5.41. The maximum Gasteiger partial charge on any atom is 0.121 e. The molecule has 0 radical (unpaired) electrons. The molecule has 2 nitrogen and oxygen atoms in total. The van der Waals surface area contributed by atoms with E-state index in [0.717, 1.165) is 11.1 Å². The molecule has 0 atom stereocenters. The molecule has 0 bridgehead atoms. The molecule has 1 aromatic carbocycles. The molecule has 2 heteroatoms. The van der Waals surface area contributed by atoms with Gasteiger partial charge in [0.1, 0.15) is 5.75 Å². The zero-order chi connectivity index (χ0) is 7.72. The SMILES string of the molecule is Cc1cc(C)c(O)c(C)c1.O. The second-order valence-corrected chi connectivity index (χ2v) is 2.75. The van der Waals surface area contributed by atoms with Gasteiger partial charge >= 0.3 is 0 Å². The van der Waals surface area contributed by atoms with E-state index in [9.17, 15) is 5.11 Å². The molecule has 0 aliphatic carbocycles. The average Bonchev–Trinajstić information content (AvgIpc) is 1.82. The number of phenols is 1. The van der Waals surface area contributed by atoms with Crippen LogP contribution in [0.15, 0.2) is 12.1 Å². The largest absolute Gasteiger partial charge is 0.507 e. The number of aromatic hydroxyl groups is 1. The Labute approximate surface area is 66.8 Å². The van der Waals surface area contributed by atoms with Crippen LogP contribution >= 0.6 is 0 Å². The fourth-order valence-electron chi connectivity index (χ4n) is 1.17. The van der Waals surface area contributed by atoms with Gasteiger partial charge in [0.2, 0.25) is 0 Å². The van der Waals surface area contributed by atoms with Gasteiger partial charge in [-0.1, -0.05) is 17.7 Å². The number of aryl methyl sites for hydroxylation is 3. The molecule has 0 saturated heterocycles. The Morgan fingerprint density at radius 2 is 1.36 bits per heavy atom. The van der Waals surface area contributed by atoms with Crippen molar-refractivity contribution in [2.24, 2.45) is 0 Å². The fraction of sp³-hybridized carbons (Fsp3) is 0.333. The van der Waals surface area contributed by atoms with E-state index in [1.807, 2.05) is 32.9 Å². The zero-order valence-corrected chi connectivity index (χ0v) is 7.10. The van der Waals surface area contributed by atoms with E-state index in [4.69, 9.17) is 0 Å². The van der Waals surface area contributed by atoms with Gasteiger partial charge in [0.05, 0.1) is 0 Å². The summed E-state index contributed by atoms with van der Waals surface area (Å²) >= 11 is 0. The third-order valence-electron chi connectivity index (χ3n) is 1.64. The summed E-state index contributed by atoms with van der Waals surface area (Å²) in [5.74, 6) is 0.422. The second-order valence-electron chi connectivity index (χ2n) is 2.75. The quantitative estimate of drug-likeness (QED) is 0.604. The second kappa shape index (κ2) is 3.39.